The van der Waals surface area contributed by atoms with Crippen LogP contribution in [-0.4, -0.2) is 33.0 Å². The third kappa shape index (κ3) is 3.00. The Morgan fingerprint density at radius 1 is 1.27 bits per heavy atom. The Labute approximate surface area is 129 Å². The minimum Gasteiger partial charge on any atom is -0.354 e. The minimum absolute atomic E-state index is 0.0776. The molecule has 6 nitrogen and oxygen atoms in total. The molecular weight excluding hydrogens is 278 g/mol. The zero-order chi connectivity index (χ0) is 15.7. The second-order valence-corrected chi connectivity index (χ2v) is 5.96. The summed E-state index contributed by atoms with van der Waals surface area (Å²) in [6, 6.07) is 1.62. The highest BCUT2D eigenvalue weighted by Gasteiger charge is 2.25. The van der Waals surface area contributed by atoms with Crippen LogP contribution in [0.4, 0.5) is 5.82 Å². The van der Waals surface area contributed by atoms with Crippen molar-refractivity contribution in [3.8, 4) is 0 Å². The first-order valence-corrected chi connectivity index (χ1v) is 7.66. The Morgan fingerprint density at radius 3 is 2.86 bits per heavy atom. The van der Waals surface area contributed by atoms with Gasteiger partial charge in [0, 0.05) is 31.3 Å². The number of aryl methyl sites for hydroxylation is 3. The summed E-state index contributed by atoms with van der Waals surface area (Å²) in [4.78, 5) is 30.2. The molecule has 0 saturated carbocycles. The number of rotatable bonds is 2. The maximum absolute atomic E-state index is 11.7. The van der Waals surface area contributed by atoms with Crippen LogP contribution in [0, 0.1) is 20.8 Å². The molecule has 0 bridgehead atoms. The molecule has 6 heteroatoms. The molecule has 0 aliphatic carbocycles. The number of aromatic amines is 1. The molecule has 2 aromatic heterocycles. The van der Waals surface area contributed by atoms with Gasteiger partial charge in [-0.25, -0.2) is 9.97 Å². The molecular formula is C16H21N5O. The molecule has 3 rings (SSSR count). The summed E-state index contributed by atoms with van der Waals surface area (Å²) in [5.41, 5.74) is 2.67. The summed E-state index contributed by atoms with van der Waals surface area (Å²) in [6.45, 7) is 7.56. The fourth-order valence-corrected chi connectivity index (χ4v) is 3.05. The first kappa shape index (κ1) is 14.7. The van der Waals surface area contributed by atoms with Crippen molar-refractivity contribution in [3.63, 3.8) is 0 Å². The lowest BCUT2D eigenvalue weighted by atomic mass is 9.94. The van der Waals surface area contributed by atoms with Crippen LogP contribution >= 0.6 is 0 Å². The fraction of sp³-hybridized carbons (Fsp3) is 0.500. The van der Waals surface area contributed by atoms with Crippen LogP contribution in [0.1, 0.15) is 41.7 Å². The Morgan fingerprint density at radius 2 is 2.09 bits per heavy atom. The van der Waals surface area contributed by atoms with Gasteiger partial charge in [-0.2, -0.15) is 0 Å². The summed E-state index contributed by atoms with van der Waals surface area (Å²) < 4.78 is 0. The van der Waals surface area contributed by atoms with Gasteiger partial charge < -0.3 is 9.88 Å². The van der Waals surface area contributed by atoms with Gasteiger partial charge >= 0.3 is 0 Å². The topological polar surface area (TPSA) is 74.8 Å². The van der Waals surface area contributed by atoms with Gasteiger partial charge in [-0.15, -0.1) is 0 Å². The molecule has 1 saturated heterocycles. The van der Waals surface area contributed by atoms with E-state index in [0.717, 1.165) is 48.8 Å². The third-order valence-corrected chi connectivity index (χ3v) is 4.07. The van der Waals surface area contributed by atoms with Crippen LogP contribution in [0.15, 0.2) is 17.1 Å². The molecule has 1 fully saturated rings. The maximum Gasteiger partial charge on any atom is 0.251 e. The van der Waals surface area contributed by atoms with E-state index in [1.807, 2.05) is 20.8 Å². The monoisotopic (exact) mass is 299 g/mol. The van der Waals surface area contributed by atoms with Gasteiger partial charge in [-0.1, -0.05) is 0 Å². The van der Waals surface area contributed by atoms with E-state index in [4.69, 9.17) is 0 Å². The van der Waals surface area contributed by atoms with Gasteiger partial charge in [0.1, 0.15) is 11.6 Å². The molecule has 1 aliphatic rings. The minimum atomic E-state index is -0.0776. The smallest absolute Gasteiger partial charge is 0.251 e. The summed E-state index contributed by atoms with van der Waals surface area (Å²) in [6.07, 6.45) is 3.90. The van der Waals surface area contributed by atoms with Crippen LogP contribution < -0.4 is 10.5 Å². The SMILES string of the molecule is Cc1cnc(C)c(N2CCCC(c3cc(=O)[nH]c(C)n3)C2)n1. The summed E-state index contributed by atoms with van der Waals surface area (Å²) >= 11 is 0. The van der Waals surface area contributed by atoms with Gasteiger partial charge in [0.15, 0.2) is 0 Å². The van der Waals surface area contributed by atoms with Gasteiger partial charge in [-0.3, -0.25) is 9.78 Å². The summed E-state index contributed by atoms with van der Waals surface area (Å²) in [5.74, 6) is 1.88. The van der Waals surface area contributed by atoms with Crippen LogP contribution in [0.25, 0.3) is 0 Å². The Hall–Kier alpha value is -2.24. The van der Waals surface area contributed by atoms with Crippen LogP contribution in [0.3, 0.4) is 0 Å². The molecule has 116 valence electrons. The van der Waals surface area contributed by atoms with Crippen molar-refractivity contribution in [3.05, 3.63) is 45.5 Å². The highest BCUT2D eigenvalue weighted by Crippen LogP contribution is 2.28. The standard InChI is InChI=1S/C16H21N5O/c1-10-8-17-11(2)16(18-10)21-6-4-5-13(9-21)14-7-15(22)20-12(3)19-14/h7-8,13H,4-6,9H2,1-3H3,(H,19,20,22). The lowest BCUT2D eigenvalue weighted by Gasteiger charge is -2.34. The molecule has 0 aromatic carbocycles. The van der Waals surface area contributed by atoms with Crippen molar-refractivity contribution in [1.29, 1.82) is 0 Å². The normalized spacial score (nSPS) is 18.5. The van der Waals surface area contributed by atoms with E-state index in [0.29, 0.717) is 5.82 Å². The highest BCUT2D eigenvalue weighted by atomic mass is 16.1. The molecule has 0 amide bonds. The first-order chi connectivity index (χ1) is 10.5. The van der Waals surface area contributed by atoms with E-state index in [9.17, 15) is 4.79 Å². The fourth-order valence-electron chi connectivity index (χ4n) is 3.05. The highest BCUT2D eigenvalue weighted by molar-refractivity contribution is 5.44. The molecule has 1 unspecified atom stereocenters. The average molecular weight is 299 g/mol. The molecule has 0 spiro atoms. The molecule has 1 aliphatic heterocycles. The van der Waals surface area contributed by atoms with Crippen LogP contribution in [-0.2, 0) is 0 Å². The number of H-pyrrole nitrogens is 1. The van der Waals surface area contributed by atoms with Crippen molar-refractivity contribution >= 4 is 5.82 Å². The lowest BCUT2D eigenvalue weighted by molar-refractivity contribution is 0.495. The predicted molar refractivity (Wildman–Crippen MR) is 85.3 cm³/mol. The van der Waals surface area contributed by atoms with Gasteiger partial charge in [0.25, 0.3) is 5.56 Å². The van der Waals surface area contributed by atoms with E-state index in [1.54, 1.807) is 12.3 Å². The number of nitrogens with one attached hydrogen (secondary N) is 1. The van der Waals surface area contributed by atoms with E-state index >= 15 is 0 Å². The van der Waals surface area contributed by atoms with Crippen molar-refractivity contribution < 1.29 is 0 Å². The van der Waals surface area contributed by atoms with Crippen LogP contribution in [0.2, 0.25) is 0 Å². The largest absolute Gasteiger partial charge is 0.354 e. The molecule has 1 atom stereocenters. The second kappa shape index (κ2) is 5.87. The van der Waals surface area contributed by atoms with Gasteiger partial charge in [0.2, 0.25) is 0 Å². The Bertz CT molecular complexity index is 740. The number of anilines is 1. The third-order valence-electron chi connectivity index (χ3n) is 4.07. The molecule has 22 heavy (non-hydrogen) atoms. The van der Waals surface area contributed by atoms with Crippen LogP contribution in [0.5, 0.6) is 0 Å². The number of nitrogens with zero attached hydrogens (tertiary/aromatic N) is 4. The quantitative estimate of drug-likeness (QED) is 0.916. The average Bonchev–Trinajstić information content (AvgIpc) is 2.49. The number of hydrogen-bond donors (Lipinski definition) is 1. The molecule has 3 heterocycles. The molecule has 0 radical (unpaired) electrons. The van der Waals surface area contributed by atoms with E-state index in [1.165, 1.54) is 0 Å². The van der Waals surface area contributed by atoms with Crippen molar-refractivity contribution in [2.75, 3.05) is 18.0 Å². The van der Waals surface area contributed by atoms with E-state index < -0.39 is 0 Å². The number of piperidine rings is 1. The van der Waals surface area contributed by atoms with E-state index in [2.05, 4.69) is 24.8 Å². The Kier molecular flexibility index (Phi) is 3.92. The summed E-state index contributed by atoms with van der Waals surface area (Å²) in [5, 5.41) is 0. The van der Waals surface area contributed by atoms with Gasteiger partial charge in [-0.05, 0) is 33.6 Å². The lowest BCUT2D eigenvalue weighted by Crippen LogP contribution is -2.36. The van der Waals surface area contributed by atoms with Crippen molar-refractivity contribution in [2.45, 2.75) is 39.5 Å². The zero-order valence-corrected chi connectivity index (χ0v) is 13.3. The second-order valence-electron chi connectivity index (χ2n) is 5.96. The Balaban J connectivity index is 1.88. The maximum atomic E-state index is 11.7. The molecule has 1 N–H and O–H groups in total. The van der Waals surface area contributed by atoms with E-state index in [-0.39, 0.29) is 11.5 Å². The zero-order valence-electron chi connectivity index (χ0n) is 13.3. The van der Waals surface area contributed by atoms with Crippen molar-refractivity contribution in [2.24, 2.45) is 0 Å². The van der Waals surface area contributed by atoms with Gasteiger partial charge in [0.05, 0.1) is 17.1 Å². The first-order valence-electron chi connectivity index (χ1n) is 7.66. The summed E-state index contributed by atoms with van der Waals surface area (Å²) in [7, 11) is 0. The predicted octanol–water partition coefficient (Wildman–Crippen LogP) is 1.87. The van der Waals surface area contributed by atoms with Crippen molar-refractivity contribution in [1.82, 2.24) is 19.9 Å². The number of aromatic nitrogens is 4. The molecule has 2 aromatic rings. The number of hydrogen-bond acceptors (Lipinski definition) is 5.